The highest BCUT2D eigenvalue weighted by atomic mass is 32.2. The fourth-order valence-electron chi connectivity index (χ4n) is 3.01. The van der Waals surface area contributed by atoms with Gasteiger partial charge in [0.05, 0.1) is 5.69 Å². The number of amides is 1. The molecule has 0 atom stereocenters. The van der Waals surface area contributed by atoms with Gasteiger partial charge in [-0.1, -0.05) is 6.07 Å². The maximum atomic E-state index is 12.8. The first-order valence-electron chi connectivity index (χ1n) is 8.45. The van der Waals surface area contributed by atoms with E-state index in [9.17, 15) is 18.0 Å². The zero-order valence-corrected chi connectivity index (χ0v) is 16.2. The fraction of sp³-hybridized carbons (Fsp3) is 0.167. The molecule has 144 valence electrons. The lowest BCUT2D eigenvalue weighted by molar-refractivity contribution is 0.0733. The van der Waals surface area contributed by atoms with Crippen LogP contribution < -0.4 is 10.3 Å². The summed E-state index contributed by atoms with van der Waals surface area (Å²) in [6, 6.07) is 10.9. The molecule has 1 aliphatic heterocycles. The van der Waals surface area contributed by atoms with Crippen molar-refractivity contribution >= 4 is 33.0 Å². The average Bonchev–Trinajstić information content (AvgIpc) is 3.23. The van der Waals surface area contributed by atoms with Crippen molar-refractivity contribution in [3.8, 4) is 0 Å². The molecule has 4 rings (SSSR count). The maximum absolute atomic E-state index is 12.8. The Morgan fingerprint density at radius 3 is 2.71 bits per heavy atom. The molecule has 10 heteroatoms. The number of hydrogen-bond donors (Lipinski definition) is 2. The van der Waals surface area contributed by atoms with Gasteiger partial charge in [0.1, 0.15) is 4.21 Å². The number of nitrogens with zero attached hydrogens (tertiary/aromatic N) is 2. The maximum Gasteiger partial charge on any atom is 0.271 e. The van der Waals surface area contributed by atoms with E-state index in [4.69, 9.17) is 0 Å². The van der Waals surface area contributed by atoms with Gasteiger partial charge in [0, 0.05) is 42.4 Å². The molecule has 0 saturated carbocycles. The van der Waals surface area contributed by atoms with Crippen LogP contribution in [0.25, 0.3) is 0 Å². The number of hydrogen-bond acceptors (Lipinski definition) is 6. The van der Waals surface area contributed by atoms with Crippen molar-refractivity contribution in [2.75, 3.05) is 11.3 Å². The van der Waals surface area contributed by atoms with Gasteiger partial charge in [-0.3, -0.25) is 14.3 Å². The molecule has 0 saturated heterocycles. The van der Waals surface area contributed by atoms with Crippen LogP contribution >= 0.6 is 11.3 Å². The highest BCUT2D eigenvalue weighted by Crippen LogP contribution is 2.22. The lowest BCUT2D eigenvalue weighted by Gasteiger charge is -2.27. The summed E-state index contributed by atoms with van der Waals surface area (Å²) in [7, 11) is -3.63. The van der Waals surface area contributed by atoms with E-state index in [1.54, 1.807) is 40.6 Å². The monoisotopic (exact) mass is 416 g/mol. The van der Waals surface area contributed by atoms with Crippen molar-refractivity contribution in [3.63, 3.8) is 0 Å². The first-order chi connectivity index (χ1) is 13.4. The second-order valence-electron chi connectivity index (χ2n) is 6.30. The SMILES string of the molecule is O=C(c1ccc(NS(=O)(=O)c2cccs2)cc1)N1CCc2n[nH]c(=O)cc2C1. The van der Waals surface area contributed by atoms with Crippen LogP contribution in [0.1, 0.15) is 21.6 Å². The van der Waals surface area contributed by atoms with Crippen molar-refractivity contribution in [2.45, 2.75) is 17.2 Å². The first-order valence-corrected chi connectivity index (χ1v) is 10.8. The van der Waals surface area contributed by atoms with E-state index < -0.39 is 10.0 Å². The Bertz CT molecular complexity index is 1170. The summed E-state index contributed by atoms with van der Waals surface area (Å²) in [5.41, 5.74) is 2.06. The third-order valence-corrected chi connectivity index (χ3v) is 7.17. The summed E-state index contributed by atoms with van der Waals surface area (Å²) < 4.78 is 27.2. The second kappa shape index (κ2) is 7.21. The van der Waals surface area contributed by atoms with Gasteiger partial charge in [-0.05, 0) is 35.7 Å². The molecule has 0 radical (unpaired) electrons. The van der Waals surface area contributed by atoms with Crippen molar-refractivity contribution < 1.29 is 13.2 Å². The molecule has 0 unspecified atom stereocenters. The molecule has 28 heavy (non-hydrogen) atoms. The Morgan fingerprint density at radius 2 is 2.00 bits per heavy atom. The molecule has 3 heterocycles. The molecule has 8 nitrogen and oxygen atoms in total. The number of nitrogens with one attached hydrogen (secondary N) is 2. The highest BCUT2D eigenvalue weighted by Gasteiger charge is 2.23. The van der Waals surface area contributed by atoms with Crippen LogP contribution in [0.3, 0.4) is 0 Å². The summed E-state index contributed by atoms with van der Waals surface area (Å²) in [4.78, 5) is 25.9. The van der Waals surface area contributed by atoms with Gasteiger partial charge >= 0.3 is 0 Å². The summed E-state index contributed by atoms with van der Waals surface area (Å²) in [6.45, 7) is 0.815. The Hall–Kier alpha value is -2.98. The zero-order valence-electron chi connectivity index (χ0n) is 14.6. The molecule has 1 aromatic carbocycles. The molecule has 2 N–H and O–H groups in total. The van der Waals surface area contributed by atoms with Gasteiger partial charge in [0.2, 0.25) is 0 Å². The van der Waals surface area contributed by atoms with Gasteiger partial charge in [-0.15, -0.1) is 11.3 Å². The number of thiophene rings is 1. The number of anilines is 1. The quantitative estimate of drug-likeness (QED) is 0.674. The average molecular weight is 416 g/mol. The number of fused-ring (bicyclic) bond motifs is 1. The minimum absolute atomic E-state index is 0.182. The number of rotatable bonds is 4. The Labute approximate surface area is 164 Å². The number of sulfonamides is 1. The van der Waals surface area contributed by atoms with Gasteiger partial charge in [-0.25, -0.2) is 13.5 Å². The molecule has 0 aliphatic carbocycles. The van der Waals surface area contributed by atoms with E-state index in [-0.39, 0.29) is 15.7 Å². The third kappa shape index (κ3) is 3.69. The highest BCUT2D eigenvalue weighted by molar-refractivity contribution is 7.94. The van der Waals surface area contributed by atoms with E-state index in [1.807, 2.05) is 0 Å². The summed E-state index contributed by atoms with van der Waals surface area (Å²) in [5.74, 6) is -0.182. The van der Waals surface area contributed by atoms with Gasteiger partial charge in [0.15, 0.2) is 0 Å². The van der Waals surface area contributed by atoms with Crippen LogP contribution in [0.5, 0.6) is 0 Å². The first kappa shape index (κ1) is 18.4. The lowest BCUT2D eigenvalue weighted by Crippen LogP contribution is -2.37. The topological polar surface area (TPSA) is 112 Å². The van der Waals surface area contributed by atoms with Crippen LogP contribution in [-0.4, -0.2) is 36.0 Å². The minimum Gasteiger partial charge on any atom is -0.334 e. The molecule has 2 aromatic heterocycles. The molecular formula is C18H16N4O4S2. The minimum atomic E-state index is -3.63. The fourth-order valence-corrected chi connectivity index (χ4v) is 5.06. The molecule has 0 fully saturated rings. The standard InChI is InChI=1S/C18H16N4O4S2/c23-16-10-13-11-22(8-7-15(13)19-20-16)18(24)12-3-5-14(6-4-12)21-28(25,26)17-2-1-9-27-17/h1-6,9-10,21H,7-8,11H2,(H,20,23). The molecular weight excluding hydrogens is 400 g/mol. The largest absolute Gasteiger partial charge is 0.334 e. The van der Waals surface area contributed by atoms with Crippen molar-refractivity contribution in [1.82, 2.24) is 15.1 Å². The smallest absolute Gasteiger partial charge is 0.271 e. The molecule has 1 amide bonds. The summed E-state index contributed by atoms with van der Waals surface area (Å²) in [6.07, 6.45) is 0.566. The zero-order chi connectivity index (χ0) is 19.7. The van der Waals surface area contributed by atoms with Crippen LogP contribution in [0.4, 0.5) is 5.69 Å². The number of H-pyrrole nitrogens is 1. The van der Waals surface area contributed by atoms with E-state index in [1.165, 1.54) is 12.1 Å². The number of carbonyl (C=O) groups excluding carboxylic acids is 1. The number of carbonyl (C=O) groups is 1. The Kier molecular flexibility index (Phi) is 4.73. The van der Waals surface area contributed by atoms with Crippen LogP contribution in [-0.2, 0) is 23.0 Å². The molecule has 1 aliphatic rings. The van der Waals surface area contributed by atoms with Gasteiger partial charge < -0.3 is 4.90 Å². The molecule has 3 aromatic rings. The van der Waals surface area contributed by atoms with Crippen LogP contribution in [0.15, 0.2) is 56.8 Å². The predicted octanol–water partition coefficient (Wildman–Crippen LogP) is 1.83. The van der Waals surface area contributed by atoms with E-state index in [0.717, 1.165) is 22.6 Å². The van der Waals surface area contributed by atoms with Gasteiger partial charge in [-0.2, -0.15) is 5.10 Å². The summed E-state index contributed by atoms with van der Waals surface area (Å²) in [5, 5.41) is 8.11. The van der Waals surface area contributed by atoms with Crippen molar-refractivity contribution in [3.05, 3.63) is 75.0 Å². The van der Waals surface area contributed by atoms with Crippen LogP contribution in [0.2, 0.25) is 0 Å². The molecule has 0 spiro atoms. The normalized spacial score (nSPS) is 13.8. The second-order valence-corrected chi connectivity index (χ2v) is 9.15. The number of benzene rings is 1. The molecule has 0 bridgehead atoms. The lowest BCUT2D eigenvalue weighted by atomic mass is 10.1. The van der Waals surface area contributed by atoms with Crippen molar-refractivity contribution in [1.29, 1.82) is 0 Å². The summed E-state index contributed by atoms with van der Waals surface area (Å²) >= 11 is 1.13. The number of aromatic nitrogens is 2. The van der Waals surface area contributed by atoms with E-state index in [2.05, 4.69) is 14.9 Å². The number of aromatic amines is 1. The Balaban J connectivity index is 1.48. The third-order valence-electron chi connectivity index (χ3n) is 4.39. The van der Waals surface area contributed by atoms with Gasteiger partial charge in [0.25, 0.3) is 21.5 Å². The van der Waals surface area contributed by atoms with E-state index in [0.29, 0.717) is 30.8 Å². The van der Waals surface area contributed by atoms with Crippen molar-refractivity contribution in [2.24, 2.45) is 0 Å². The predicted molar refractivity (Wildman–Crippen MR) is 105 cm³/mol. The van der Waals surface area contributed by atoms with Crippen LogP contribution in [0, 0.1) is 0 Å². The van der Waals surface area contributed by atoms with E-state index >= 15 is 0 Å². The Morgan fingerprint density at radius 1 is 1.21 bits per heavy atom.